The predicted molar refractivity (Wildman–Crippen MR) is 112 cm³/mol. The summed E-state index contributed by atoms with van der Waals surface area (Å²) in [4.78, 5) is 27.2. The van der Waals surface area contributed by atoms with Gasteiger partial charge in [-0.05, 0) is 30.2 Å². The Morgan fingerprint density at radius 2 is 1.45 bits per heavy atom. The van der Waals surface area contributed by atoms with Gasteiger partial charge in [0.05, 0.1) is 5.92 Å². The lowest BCUT2D eigenvalue weighted by molar-refractivity contribution is -0.152. The first-order valence-electron chi connectivity index (χ1n) is 9.79. The molecule has 0 N–H and O–H groups in total. The van der Waals surface area contributed by atoms with Crippen molar-refractivity contribution in [1.82, 2.24) is 0 Å². The fourth-order valence-corrected chi connectivity index (χ4v) is 3.64. The van der Waals surface area contributed by atoms with Crippen LogP contribution in [0.15, 0.2) is 84.9 Å². The van der Waals surface area contributed by atoms with Crippen LogP contribution in [-0.4, -0.2) is 18.4 Å². The third-order valence-electron chi connectivity index (χ3n) is 5.24. The van der Waals surface area contributed by atoms with Crippen LogP contribution in [0.5, 0.6) is 0 Å². The molecule has 0 saturated carbocycles. The first kappa shape index (κ1) is 18.9. The van der Waals surface area contributed by atoms with E-state index in [-0.39, 0.29) is 18.3 Å². The molecule has 3 aromatic rings. The molecule has 1 atom stereocenters. The fourth-order valence-electron chi connectivity index (χ4n) is 3.64. The minimum Gasteiger partial charge on any atom is -0.452 e. The topological polar surface area (TPSA) is 46.6 Å². The number of amides is 1. The summed E-state index contributed by atoms with van der Waals surface area (Å²) in [5.74, 6) is -0.865. The van der Waals surface area contributed by atoms with Crippen molar-refractivity contribution in [3.05, 3.63) is 102 Å². The van der Waals surface area contributed by atoms with E-state index in [0.717, 1.165) is 22.4 Å². The van der Waals surface area contributed by atoms with Gasteiger partial charge >= 0.3 is 5.97 Å². The molecule has 1 fully saturated rings. The predicted octanol–water partition coefficient (Wildman–Crippen LogP) is 4.68. The molecule has 4 heteroatoms. The maximum atomic E-state index is 13.0. The molecule has 4 rings (SSSR count). The molecule has 1 aliphatic heterocycles. The van der Waals surface area contributed by atoms with Gasteiger partial charge in [-0.15, -0.1) is 0 Å². The molecule has 0 aromatic heterocycles. The van der Waals surface area contributed by atoms with Crippen LogP contribution in [0.1, 0.15) is 29.2 Å². The molecular weight excluding hydrogens is 362 g/mol. The maximum absolute atomic E-state index is 13.0. The Balaban J connectivity index is 1.52. The number of aryl methyl sites for hydroxylation is 1. The molecule has 29 heavy (non-hydrogen) atoms. The highest BCUT2D eigenvalue weighted by Crippen LogP contribution is 2.30. The molecule has 1 aliphatic rings. The van der Waals surface area contributed by atoms with E-state index in [2.05, 4.69) is 0 Å². The van der Waals surface area contributed by atoms with Gasteiger partial charge in [0, 0.05) is 18.7 Å². The van der Waals surface area contributed by atoms with E-state index in [1.54, 1.807) is 4.90 Å². The molecule has 3 aromatic carbocycles. The summed E-state index contributed by atoms with van der Waals surface area (Å²) in [5.41, 5.74) is 3.77. The van der Waals surface area contributed by atoms with Gasteiger partial charge in [-0.1, -0.05) is 78.4 Å². The van der Waals surface area contributed by atoms with E-state index >= 15 is 0 Å². The van der Waals surface area contributed by atoms with Gasteiger partial charge in [-0.2, -0.15) is 0 Å². The van der Waals surface area contributed by atoms with Crippen LogP contribution in [0.2, 0.25) is 0 Å². The second-order valence-electron chi connectivity index (χ2n) is 7.38. The van der Waals surface area contributed by atoms with Crippen molar-refractivity contribution >= 4 is 17.6 Å². The lowest BCUT2D eigenvalue weighted by Crippen LogP contribution is -2.27. The number of carbonyl (C=O) groups is 2. The molecule has 4 nitrogen and oxygen atoms in total. The SMILES string of the molecule is Cc1ccc(N2CC(C(=O)OC(c3ccccc3)c3ccccc3)CC2=O)cc1. The van der Waals surface area contributed by atoms with Crippen LogP contribution in [0.3, 0.4) is 0 Å². The molecule has 0 radical (unpaired) electrons. The lowest BCUT2D eigenvalue weighted by atomic mass is 10.0. The van der Waals surface area contributed by atoms with E-state index in [1.165, 1.54) is 0 Å². The highest BCUT2D eigenvalue weighted by atomic mass is 16.5. The highest BCUT2D eigenvalue weighted by molar-refractivity contribution is 5.99. The van der Waals surface area contributed by atoms with Crippen molar-refractivity contribution in [2.24, 2.45) is 5.92 Å². The van der Waals surface area contributed by atoms with E-state index < -0.39 is 12.0 Å². The molecule has 146 valence electrons. The van der Waals surface area contributed by atoms with E-state index in [0.29, 0.717) is 6.54 Å². The zero-order chi connectivity index (χ0) is 20.2. The number of rotatable bonds is 5. The molecule has 0 spiro atoms. The number of nitrogens with zero attached hydrogens (tertiary/aromatic N) is 1. The number of carbonyl (C=O) groups excluding carboxylic acids is 2. The summed E-state index contributed by atoms with van der Waals surface area (Å²) in [7, 11) is 0. The summed E-state index contributed by atoms with van der Waals surface area (Å²) in [5, 5.41) is 0. The molecule has 1 amide bonds. The van der Waals surface area contributed by atoms with Crippen molar-refractivity contribution in [2.75, 3.05) is 11.4 Å². The zero-order valence-corrected chi connectivity index (χ0v) is 16.3. The number of anilines is 1. The molecule has 1 heterocycles. The van der Waals surface area contributed by atoms with Crippen LogP contribution in [0, 0.1) is 12.8 Å². The van der Waals surface area contributed by atoms with Crippen molar-refractivity contribution in [3.8, 4) is 0 Å². The van der Waals surface area contributed by atoms with Gasteiger partial charge in [-0.3, -0.25) is 9.59 Å². The molecule has 1 unspecified atom stereocenters. The van der Waals surface area contributed by atoms with Crippen LogP contribution in [-0.2, 0) is 14.3 Å². The van der Waals surface area contributed by atoms with Crippen molar-refractivity contribution in [3.63, 3.8) is 0 Å². The summed E-state index contributed by atoms with van der Waals surface area (Å²) in [6.07, 6.45) is -0.323. The van der Waals surface area contributed by atoms with E-state index in [4.69, 9.17) is 4.74 Å². The Hall–Kier alpha value is -3.40. The first-order valence-corrected chi connectivity index (χ1v) is 9.79. The summed E-state index contributed by atoms with van der Waals surface area (Å²) in [6, 6.07) is 27.1. The fraction of sp³-hybridized carbons (Fsp3) is 0.200. The monoisotopic (exact) mass is 385 g/mol. The number of hydrogen-bond acceptors (Lipinski definition) is 3. The van der Waals surface area contributed by atoms with Crippen LogP contribution < -0.4 is 4.90 Å². The van der Waals surface area contributed by atoms with Crippen LogP contribution in [0.4, 0.5) is 5.69 Å². The van der Waals surface area contributed by atoms with Crippen molar-refractivity contribution in [1.29, 1.82) is 0 Å². The molecule has 1 saturated heterocycles. The third kappa shape index (κ3) is 4.21. The van der Waals surface area contributed by atoms with Crippen LogP contribution >= 0.6 is 0 Å². The summed E-state index contributed by atoms with van der Waals surface area (Å²) < 4.78 is 5.94. The van der Waals surface area contributed by atoms with E-state index in [1.807, 2.05) is 91.9 Å². The third-order valence-corrected chi connectivity index (χ3v) is 5.24. The average molecular weight is 385 g/mol. The second-order valence-corrected chi connectivity index (χ2v) is 7.38. The maximum Gasteiger partial charge on any atom is 0.312 e. The quantitative estimate of drug-likeness (QED) is 0.599. The minimum absolute atomic E-state index is 0.0493. The van der Waals surface area contributed by atoms with Gasteiger partial charge < -0.3 is 9.64 Å². The smallest absolute Gasteiger partial charge is 0.312 e. The van der Waals surface area contributed by atoms with E-state index in [9.17, 15) is 9.59 Å². The zero-order valence-electron chi connectivity index (χ0n) is 16.3. The highest BCUT2D eigenvalue weighted by Gasteiger charge is 2.37. The summed E-state index contributed by atoms with van der Waals surface area (Å²) >= 11 is 0. The summed E-state index contributed by atoms with van der Waals surface area (Å²) in [6.45, 7) is 2.35. The standard InChI is InChI=1S/C25H23NO3/c1-18-12-14-22(15-13-18)26-17-21(16-23(26)27)25(28)29-24(19-8-4-2-5-9-19)20-10-6-3-7-11-20/h2-15,21,24H,16-17H2,1H3. The van der Waals surface area contributed by atoms with Gasteiger partial charge in [-0.25, -0.2) is 0 Å². The molecule has 0 aliphatic carbocycles. The van der Waals surface area contributed by atoms with Gasteiger partial charge in [0.2, 0.25) is 5.91 Å². The van der Waals surface area contributed by atoms with Gasteiger partial charge in [0.1, 0.15) is 0 Å². The first-order chi connectivity index (χ1) is 14.1. The Kier molecular flexibility index (Phi) is 5.43. The van der Waals surface area contributed by atoms with Gasteiger partial charge in [0.15, 0.2) is 6.10 Å². The number of hydrogen-bond donors (Lipinski definition) is 0. The number of ether oxygens (including phenoxy) is 1. The van der Waals surface area contributed by atoms with Crippen molar-refractivity contribution < 1.29 is 14.3 Å². The normalized spacial score (nSPS) is 16.3. The largest absolute Gasteiger partial charge is 0.452 e. The van der Waals surface area contributed by atoms with Gasteiger partial charge in [0.25, 0.3) is 0 Å². The molecule has 0 bridgehead atoms. The number of esters is 1. The Labute approximate surface area is 170 Å². The van der Waals surface area contributed by atoms with Crippen LogP contribution in [0.25, 0.3) is 0 Å². The second kappa shape index (κ2) is 8.31. The lowest BCUT2D eigenvalue weighted by Gasteiger charge is -2.21. The average Bonchev–Trinajstić information content (AvgIpc) is 3.15. The number of benzene rings is 3. The Morgan fingerprint density at radius 3 is 2.00 bits per heavy atom. The molecular formula is C25H23NO3. The Bertz CT molecular complexity index is 944. The Morgan fingerprint density at radius 1 is 0.897 bits per heavy atom. The van der Waals surface area contributed by atoms with Crippen molar-refractivity contribution in [2.45, 2.75) is 19.4 Å². The minimum atomic E-state index is -0.492.